The third-order valence-electron chi connectivity index (χ3n) is 9.61. The molecule has 0 radical (unpaired) electrons. The number of unbranched alkanes of at least 4 members (excludes halogenated alkanes) is 9. The van der Waals surface area contributed by atoms with Gasteiger partial charge >= 0.3 is 0 Å². The van der Waals surface area contributed by atoms with Crippen LogP contribution >= 0.6 is 0 Å². The minimum atomic E-state index is -0.0106. The number of hydrogen-bond acceptors (Lipinski definition) is 4. The van der Waals surface area contributed by atoms with Crippen LogP contribution in [0.25, 0.3) is 0 Å². The number of nitrogens with one attached hydrogen (secondary N) is 4. The molecule has 0 aliphatic rings. The zero-order chi connectivity index (χ0) is 44.0. The summed E-state index contributed by atoms with van der Waals surface area (Å²) in [6.07, 6.45) is 13.7. The van der Waals surface area contributed by atoms with Gasteiger partial charge < -0.3 is 21.3 Å². The number of hydrogen-bond donors (Lipinski definition) is 4. The maximum Gasteiger partial charge on any atom is 0.224 e. The van der Waals surface area contributed by atoms with Crippen molar-refractivity contribution < 1.29 is 19.2 Å². The second kappa shape index (κ2) is 28.5. The molecule has 0 spiro atoms. The highest BCUT2D eigenvalue weighted by Crippen LogP contribution is 2.16. The van der Waals surface area contributed by atoms with E-state index in [1.165, 1.54) is 0 Å². The maximum absolute atomic E-state index is 12.6. The first kappa shape index (κ1) is 47.7. The van der Waals surface area contributed by atoms with E-state index in [4.69, 9.17) is 0 Å². The fourth-order valence-corrected chi connectivity index (χ4v) is 6.31. The van der Waals surface area contributed by atoms with Gasteiger partial charge in [0.2, 0.25) is 23.6 Å². The second-order valence-corrected chi connectivity index (χ2v) is 15.1. The van der Waals surface area contributed by atoms with Gasteiger partial charge in [0.05, 0.1) is 0 Å². The number of carbonyl (C=O) groups excluding carboxylic acids is 4. The van der Waals surface area contributed by atoms with Crippen molar-refractivity contribution >= 4 is 46.4 Å². The largest absolute Gasteiger partial charge is 0.326 e. The quantitative estimate of drug-likeness (QED) is 0.0494. The molecule has 318 valence electrons. The van der Waals surface area contributed by atoms with Crippen molar-refractivity contribution in [1.82, 2.24) is 0 Å². The van der Waals surface area contributed by atoms with Crippen LogP contribution in [0.15, 0.2) is 97.1 Å². The molecule has 8 nitrogen and oxygen atoms in total. The predicted octanol–water partition coefficient (Wildman–Crippen LogP) is 11.2. The Bertz CT molecular complexity index is 2200. The molecule has 4 rings (SSSR count). The fourth-order valence-electron chi connectivity index (χ4n) is 6.31. The van der Waals surface area contributed by atoms with Crippen molar-refractivity contribution in [3.8, 4) is 47.4 Å². The molecule has 8 heteroatoms. The summed E-state index contributed by atoms with van der Waals surface area (Å²) in [5.74, 6) is 23.6. The molecule has 4 aromatic carbocycles. The topological polar surface area (TPSA) is 116 Å². The summed E-state index contributed by atoms with van der Waals surface area (Å²) in [6, 6.07) is 29.7. The van der Waals surface area contributed by atoms with Gasteiger partial charge in [0.25, 0.3) is 0 Å². The van der Waals surface area contributed by atoms with Crippen molar-refractivity contribution in [3.63, 3.8) is 0 Å². The zero-order valence-electron chi connectivity index (χ0n) is 36.2. The Hall–Kier alpha value is -7.00. The minimum absolute atomic E-state index is 0.00165. The molecule has 0 bridgehead atoms. The van der Waals surface area contributed by atoms with E-state index in [9.17, 15) is 19.2 Å². The van der Waals surface area contributed by atoms with Crippen LogP contribution in [0.2, 0.25) is 0 Å². The molecular weight excluding hydrogens is 769 g/mol. The molecule has 0 atom stereocenters. The van der Waals surface area contributed by atoms with Gasteiger partial charge in [-0.15, -0.1) is 0 Å². The summed E-state index contributed by atoms with van der Waals surface area (Å²) in [4.78, 5) is 49.2. The minimum Gasteiger partial charge on any atom is -0.326 e. The van der Waals surface area contributed by atoms with Gasteiger partial charge in [0.15, 0.2) is 0 Å². The van der Waals surface area contributed by atoms with Crippen molar-refractivity contribution in [2.75, 3.05) is 21.3 Å². The molecular formula is C54H58N4O4. The number of carbonyl (C=O) groups is 4. The normalized spacial score (nSPS) is 9.90. The molecule has 0 saturated carbocycles. The molecule has 0 aromatic heterocycles. The Labute approximate surface area is 368 Å². The molecule has 0 heterocycles. The summed E-state index contributed by atoms with van der Waals surface area (Å²) in [5.41, 5.74) is 5.91. The number of amides is 4. The highest BCUT2D eigenvalue weighted by atomic mass is 16.2. The highest BCUT2D eigenvalue weighted by molar-refractivity contribution is 5.92. The van der Waals surface area contributed by atoms with Crippen LogP contribution < -0.4 is 21.3 Å². The predicted molar refractivity (Wildman–Crippen MR) is 253 cm³/mol. The molecule has 0 fully saturated rings. The van der Waals surface area contributed by atoms with Crippen LogP contribution in [0.1, 0.15) is 139 Å². The fraction of sp³-hybridized carbons (Fsp3) is 0.333. The summed E-state index contributed by atoms with van der Waals surface area (Å²) >= 11 is 0. The molecule has 0 unspecified atom stereocenters. The summed E-state index contributed by atoms with van der Waals surface area (Å²) in [5, 5.41) is 11.8. The Morgan fingerprint density at radius 2 is 0.597 bits per heavy atom. The second-order valence-electron chi connectivity index (χ2n) is 15.1. The van der Waals surface area contributed by atoms with Gasteiger partial charge in [-0.3, -0.25) is 19.2 Å². The SMILES string of the molecule is CCCCC(=O)Nc1cccc(C#CC#Cc2cccc(NC(=O)CCCCCCCCCCC(=O)Nc3cccc(C#CC#Cc4cccc(NC(=O)CCCC)c4)c3)c2)c1. The number of rotatable bonds is 21. The van der Waals surface area contributed by atoms with E-state index in [1.54, 1.807) is 0 Å². The third kappa shape index (κ3) is 20.3. The van der Waals surface area contributed by atoms with Gasteiger partial charge in [-0.1, -0.05) is 113 Å². The lowest BCUT2D eigenvalue weighted by molar-refractivity contribution is -0.117. The number of benzene rings is 4. The van der Waals surface area contributed by atoms with Crippen molar-refractivity contribution in [3.05, 3.63) is 119 Å². The Kier molecular flexibility index (Phi) is 21.9. The summed E-state index contributed by atoms with van der Waals surface area (Å²) in [7, 11) is 0. The number of anilines is 4. The third-order valence-corrected chi connectivity index (χ3v) is 9.61. The van der Waals surface area contributed by atoms with E-state index in [-0.39, 0.29) is 23.6 Å². The van der Waals surface area contributed by atoms with E-state index in [2.05, 4.69) is 82.5 Å². The van der Waals surface area contributed by atoms with Crippen molar-refractivity contribution in [2.24, 2.45) is 0 Å². The Morgan fingerprint density at radius 3 is 0.855 bits per heavy atom. The van der Waals surface area contributed by atoms with Crippen LogP contribution in [0.3, 0.4) is 0 Å². The molecule has 0 saturated heterocycles. The monoisotopic (exact) mass is 826 g/mol. The van der Waals surface area contributed by atoms with Crippen LogP contribution in [-0.4, -0.2) is 23.6 Å². The van der Waals surface area contributed by atoms with Crippen molar-refractivity contribution in [2.45, 2.75) is 117 Å². The Morgan fingerprint density at radius 1 is 0.355 bits per heavy atom. The van der Waals surface area contributed by atoms with Gasteiger partial charge in [-0.25, -0.2) is 0 Å². The molecule has 0 aliphatic heterocycles. The van der Waals surface area contributed by atoms with E-state index in [1.807, 2.05) is 97.1 Å². The first-order valence-corrected chi connectivity index (χ1v) is 21.9. The van der Waals surface area contributed by atoms with Gasteiger partial charge in [-0.2, -0.15) is 0 Å². The lowest BCUT2D eigenvalue weighted by atomic mass is 10.1. The van der Waals surface area contributed by atoms with Crippen LogP contribution in [0.4, 0.5) is 22.7 Å². The van der Waals surface area contributed by atoms with Crippen LogP contribution in [0.5, 0.6) is 0 Å². The molecule has 4 aromatic rings. The van der Waals surface area contributed by atoms with Gasteiger partial charge in [0.1, 0.15) is 0 Å². The molecule has 62 heavy (non-hydrogen) atoms. The maximum atomic E-state index is 12.6. The van der Waals surface area contributed by atoms with E-state index < -0.39 is 0 Å². The molecule has 0 aliphatic carbocycles. The highest BCUT2D eigenvalue weighted by Gasteiger charge is 2.06. The smallest absolute Gasteiger partial charge is 0.224 e. The average Bonchev–Trinajstić information content (AvgIpc) is 3.26. The van der Waals surface area contributed by atoms with Gasteiger partial charge in [-0.05, 0) is 122 Å². The standard InChI is InChI=1S/C54H58N4O4/c1-3-5-35-51(59)55-47-31-19-27-43(39-47)23-15-17-25-45-29-21-33-49(41-45)57-53(61)37-13-11-9-7-8-10-12-14-38-54(62)58-50-34-22-30-46(42-50)26-18-16-24-44-28-20-32-48(40-44)56-52(60)36-6-4-2/h19-22,27-34,39-42H,3-14,35-38H2,1-2H3,(H,55,59)(H,56,60)(H,57,61)(H,58,62). The van der Waals surface area contributed by atoms with E-state index in [0.717, 1.165) is 111 Å². The van der Waals surface area contributed by atoms with Crippen LogP contribution in [0, 0.1) is 47.4 Å². The molecule has 4 amide bonds. The van der Waals surface area contributed by atoms with Gasteiger partial charge in [0, 0.05) is 70.7 Å². The lowest BCUT2D eigenvalue weighted by Gasteiger charge is -2.06. The van der Waals surface area contributed by atoms with Crippen LogP contribution in [-0.2, 0) is 19.2 Å². The summed E-state index contributed by atoms with van der Waals surface area (Å²) < 4.78 is 0. The zero-order valence-corrected chi connectivity index (χ0v) is 36.2. The van der Waals surface area contributed by atoms with E-state index >= 15 is 0 Å². The molecule has 4 N–H and O–H groups in total. The van der Waals surface area contributed by atoms with Crippen molar-refractivity contribution in [1.29, 1.82) is 0 Å². The summed E-state index contributed by atoms with van der Waals surface area (Å²) in [6.45, 7) is 4.11. The first-order valence-electron chi connectivity index (χ1n) is 21.9. The van der Waals surface area contributed by atoms with E-state index in [0.29, 0.717) is 37.1 Å². The first-order chi connectivity index (χ1) is 30.3. The average molecular weight is 827 g/mol. The lowest BCUT2D eigenvalue weighted by Crippen LogP contribution is -2.11. The Balaban J connectivity index is 1.05.